The molecule has 0 saturated heterocycles. The topological polar surface area (TPSA) is 76.1 Å². The van der Waals surface area contributed by atoms with E-state index in [2.05, 4.69) is 20.6 Å². The predicted molar refractivity (Wildman–Crippen MR) is 94.5 cm³/mol. The Labute approximate surface area is 146 Å². The van der Waals surface area contributed by atoms with E-state index in [0.29, 0.717) is 29.7 Å². The van der Waals surface area contributed by atoms with Gasteiger partial charge in [-0.05, 0) is 30.5 Å². The highest BCUT2D eigenvalue weighted by Gasteiger charge is 2.07. The summed E-state index contributed by atoms with van der Waals surface area (Å²) in [6, 6.07) is 7.56. The predicted octanol–water partition coefficient (Wildman–Crippen LogP) is 2.55. The minimum Gasteiger partial charge on any atom is -0.385 e. The van der Waals surface area contributed by atoms with Crippen LogP contribution in [0.2, 0.25) is 5.02 Å². The number of amides is 1. The number of ether oxygens (including phenoxy) is 1. The maximum absolute atomic E-state index is 12.0. The lowest BCUT2D eigenvalue weighted by molar-refractivity contribution is 0.0949. The Hall–Kier alpha value is -2.18. The zero-order valence-corrected chi connectivity index (χ0v) is 14.3. The van der Waals surface area contributed by atoms with Crippen LogP contribution in [0.5, 0.6) is 0 Å². The van der Waals surface area contributed by atoms with Gasteiger partial charge in [0.1, 0.15) is 11.5 Å². The fourth-order valence-electron chi connectivity index (χ4n) is 2.03. The summed E-state index contributed by atoms with van der Waals surface area (Å²) in [5.74, 6) is 0.409. The van der Waals surface area contributed by atoms with Crippen molar-refractivity contribution in [2.45, 2.75) is 12.8 Å². The number of benzene rings is 1. The van der Waals surface area contributed by atoms with Gasteiger partial charge in [0.05, 0.1) is 12.4 Å². The van der Waals surface area contributed by atoms with Crippen LogP contribution in [0.4, 0.5) is 5.82 Å². The molecule has 2 N–H and O–H groups in total. The molecule has 1 aromatic carbocycles. The number of nitrogens with zero attached hydrogens (tertiary/aromatic N) is 2. The van der Waals surface area contributed by atoms with Crippen molar-refractivity contribution < 1.29 is 9.53 Å². The third kappa shape index (κ3) is 6.14. The maximum Gasteiger partial charge on any atom is 0.271 e. The van der Waals surface area contributed by atoms with Gasteiger partial charge in [-0.25, -0.2) is 9.97 Å². The highest BCUT2D eigenvalue weighted by molar-refractivity contribution is 6.30. The van der Waals surface area contributed by atoms with Crippen LogP contribution in [0, 0.1) is 0 Å². The van der Waals surface area contributed by atoms with E-state index in [0.717, 1.165) is 24.9 Å². The molecule has 0 spiro atoms. The van der Waals surface area contributed by atoms with Crippen molar-refractivity contribution >= 4 is 23.3 Å². The summed E-state index contributed by atoms with van der Waals surface area (Å²) in [6.07, 6.45) is 4.64. The molecule has 0 fully saturated rings. The highest BCUT2D eigenvalue weighted by atomic mass is 35.5. The average Bonchev–Trinajstić information content (AvgIpc) is 2.61. The number of aromatic nitrogens is 2. The molecule has 2 rings (SSSR count). The first-order valence-electron chi connectivity index (χ1n) is 7.76. The van der Waals surface area contributed by atoms with Crippen molar-refractivity contribution in [3.8, 4) is 0 Å². The number of carbonyl (C=O) groups excluding carboxylic acids is 1. The molecule has 1 aromatic heterocycles. The van der Waals surface area contributed by atoms with Gasteiger partial charge in [0, 0.05) is 31.8 Å². The van der Waals surface area contributed by atoms with Crippen LogP contribution in [0.3, 0.4) is 0 Å². The van der Waals surface area contributed by atoms with Crippen LogP contribution < -0.4 is 10.6 Å². The van der Waals surface area contributed by atoms with Gasteiger partial charge in [0.15, 0.2) is 0 Å². The van der Waals surface area contributed by atoms with E-state index in [1.807, 2.05) is 24.3 Å². The van der Waals surface area contributed by atoms with Crippen molar-refractivity contribution in [2.24, 2.45) is 0 Å². The lowest BCUT2D eigenvalue weighted by Gasteiger charge is -2.07. The molecule has 0 aliphatic carbocycles. The molecule has 24 heavy (non-hydrogen) atoms. The number of hydrogen-bond acceptors (Lipinski definition) is 5. The van der Waals surface area contributed by atoms with Crippen LogP contribution in [0.15, 0.2) is 36.7 Å². The number of methoxy groups -OCH3 is 1. The van der Waals surface area contributed by atoms with E-state index in [-0.39, 0.29) is 5.91 Å². The molecular formula is C17H21ClN4O2. The molecule has 0 aliphatic heterocycles. The summed E-state index contributed by atoms with van der Waals surface area (Å²) >= 11 is 5.84. The van der Waals surface area contributed by atoms with E-state index in [9.17, 15) is 4.79 Å². The van der Waals surface area contributed by atoms with Gasteiger partial charge in [0.2, 0.25) is 0 Å². The monoisotopic (exact) mass is 348 g/mol. The third-order valence-electron chi connectivity index (χ3n) is 3.33. The highest BCUT2D eigenvalue weighted by Crippen LogP contribution is 2.09. The van der Waals surface area contributed by atoms with Gasteiger partial charge < -0.3 is 15.4 Å². The molecular weight excluding hydrogens is 328 g/mol. The number of nitrogens with one attached hydrogen (secondary N) is 2. The smallest absolute Gasteiger partial charge is 0.271 e. The van der Waals surface area contributed by atoms with Crippen LogP contribution >= 0.6 is 11.6 Å². The van der Waals surface area contributed by atoms with Gasteiger partial charge >= 0.3 is 0 Å². The van der Waals surface area contributed by atoms with Gasteiger partial charge in [-0.3, -0.25) is 4.79 Å². The maximum atomic E-state index is 12.0. The van der Waals surface area contributed by atoms with Crippen molar-refractivity contribution in [3.63, 3.8) is 0 Å². The Balaban J connectivity index is 1.74. The van der Waals surface area contributed by atoms with Crippen molar-refractivity contribution in [3.05, 3.63) is 52.9 Å². The second kappa shape index (κ2) is 9.85. The Bertz CT molecular complexity index is 632. The molecule has 7 heteroatoms. The fourth-order valence-corrected chi connectivity index (χ4v) is 2.16. The first-order valence-corrected chi connectivity index (χ1v) is 8.14. The summed E-state index contributed by atoms with van der Waals surface area (Å²) in [5, 5.41) is 6.65. The van der Waals surface area contributed by atoms with Gasteiger partial charge in [-0.2, -0.15) is 0 Å². The Morgan fingerprint density at radius 1 is 1.17 bits per heavy atom. The molecule has 0 aliphatic rings. The Morgan fingerprint density at radius 2 is 1.96 bits per heavy atom. The second-order valence-electron chi connectivity index (χ2n) is 5.19. The molecule has 128 valence electrons. The van der Waals surface area contributed by atoms with Crippen LogP contribution in [-0.4, -0.2) is 42.7 Å². The first kappa shape index (κ1) is 18.2. The summed E-state index contributed by atoms with van der Waals surface area (Å²) in [7, 11) is 1.67. The SMILES string of the molecule is COCCCNc1cnc(C(=O)NCCc2ccc(Cl)cc2)cn1. The first-order chi connectivity index (χ1) is 11.7. The Kier molecular flexibility index (Phi) is 7.45. The zero-order valence-electron chi connectivity index (χ0n) is 13.6. The number of halogens is 1. The van der Waals surface area contributed by atoms with Crippen molar-refractivity contribution in [1.82, 2.24) is 15.3 Å². The molecule has 0 unspecified atom stereocenters. The summed E-state index contributed by atoms with van der Waals surface area (Å²) in [4.78, 5) is 20.3. The van der Waals surface area contributed by atoms with E-state index in [4.69, 9.17) is 16.3 Å². The van der Waals surface area contributed by atoms with Gasteiger partial charge in [0.25, 0.3) is 5.91 Å². The van der Waals surface area contributed by atoms with E-state index < -0.39 is 0 Å². The lowest BCUT2D eigenvalue weighted by atomic mass is 10.1. The molecule has 0 atom stereocenters. The van der Waals surface area contributed by atoms with Gasteiger partial charge in [-0.15, -0.1) is 0 Å². The average molecular weight is 349 g/mol. The third-order valence-corrected chi connectivity index (χ3v) is 3.58. The zero-order chi connectivity index (χ0) is 17.2. The number of anilines is 1. The van der Waals surface area contributed by atoms with E-state index in [1.54, 1.807) is 13.3 Å². The molecule has 1 amide bonds. The van der Waals surface area contributed by atoms with Crippen molar-refractivity contribution in [1.29, 1.82) is 0 Å². The van der Waals surface area contributed by atoms with Crippen molar-refractivity contribution in [2.75, 3.05) is 32.1 Å². The summed E-state index contributed by atoms with van der Waals surface area (Å²) in [6.45, 7) is 1.96. The molecule has 0 saturated carbocycles. The molecule has 2 aromatic rings. The largest absolute Gasteiger partial charge is 0.385 e. The Morgan fingerprint density at radius 3 is 2.62 bits per heavy atom. The molecule has 6 nitrogen and oxygen atoms in total. The summed E-state index contributed by atoms with van der Waals surface area (Å²) in [5.41, 5.74) is 1.41. The van der Waals surface area contributed by atoms with Gasteiger partial charge in [-0.1, -0.05) is 23.7 Å². The number of hydrogen-bond donors (Lipinski definition) is 2. The van der Waals surface area contributed by atoms with Crippen LogP contribution in [0.1, 0.15) is 22.5 Å². The van der Waals surface area contributed by atoms with Crippen LogP contribution in [0.25, 0.3) is 0 Å². The summed E-state index contributed by atoms with van der Waals surface area (Å²) < 4.78 is 4.97. The van der Waals surface area contributed by atoms with E-state index in [1.165, 1.54) is 6.20 Å². The number of carbonyl (C=O) groups is 1. The van der Waals surface area contributed by atoms with Crippen LogP contribution in [-0.2, 0) is 11.2 Å². The van der Waals surface area contributed by atoms with E-state index >= 15 is 0 Å². The molecule has 1 heterocycles. The quantitative estimate of drug-likeness (QED) is 0.681. The molecule has 0 bridgehead atoms. The minimum absolute atomic E-state index is 0.234. The standard InChI is InChI=1S/C17H21ClN4O2/c1-24-10-2-8-19-16-12-21-15(11-22-16)17(23)20-9-7-13-3-5-14(18)6-4-13/h3-6,11-12H,2,7-10H2,1H3,(H,19,22)(H,20,23). The number of rotatable bonds is 9. The minimum atomic E-state index is -0.234. The lowest BCUT2D eigenvalue weighted by Crippen LogP contribution is -2.26. The second-order valence-corrected chi connectivity index (χ2v) is 5.63. The fraction of sp³-hybridized carbons (Fsp3) is 0.353. The normalized spacial score (nSPS) is 10.4. The molecule has 0 radical (unpaired) electrons.